The van der Waals surface area contributed by atoms with Gasteiger partial charge >= 0.3 is 0 Å². The Morgan fingerprint density at radius 3 is 1.71 bits per heavy atom. The van der Waals surface area contributed by atoms with Crippen molar-refractivity contribution in [1.82, 2.24) is 0 Å². The lowest BCUT2D eigenvalue weighted by Gasteiger charge is -2.19. The van der Waals surface area contributed by atoms with Gasteiger partial charge < -0.3 is 9.47 Å². The summed E-state index contributed by atoms with van der Waals surface area (Å²) in [5, 5.41) is 0. The number of ether oxygens (including phenoxy) is 2. The molecule has 0 radical (unpaired) electrons. The number of nitrogens with one attached hydrogen (secondary N) is 2. The highest BCUT2D eigenvalue weighted by Gasteiger charge is 2.20. The topological polar surface area (TPSA) is 111 Å². The minimum atomic E-state index is -3.91. The zero-order chi connectivity index (χ0) is 22.1. The lowest BCUT2D eigenvalue weighted by atomic mass is 10.3. The molecule has 1 aliphatic heterocycles. The lowest BCUT2D eigenvalue weighted by Crippen LogP contribution is -2.17. The van der Waals surface area contributed by atoms with Crippen molar-refractivity contribution in [3.63, 3.8) is 0 Å². The first-order valence-electron chi connectivity index (χ1n) is 9.04. The van der Waals surface area contributed by atoms with Gasteiger partial charge in [0.15, 0.2) is 11.5 Å². The lowest BCUT2D eigenvalue weighted by molar-refractivity contribution is 0.171. The standard InChI is InChI=1S/C20H17FN2O6S2/c21-14-1-7-17(8-2-14)30(24,25)22-15-3-5-16(6-4-15)23-31(26,27)18-9-10-19-20(13-18)29-12-11-28-19/h1-10,13,22-23H,11-12H2. The van der Waals surface area contributed by atoms with Crippen molar-refractivity contribution >= 4 is 31.4 Å². The largest absolute Gasteiger partial charge is 0.486 e. The quantitative estimate of drug-likeness (QED) is 0.580. The fraction of sp³-hybridized carbons (Fsp3) is 0.100. The minimum Gasteiger partial charge on any atom is -0.486 e. The van der Waals surface area contributed by atoms with Crippen LogP contribution in [-0.2, 0) is 20.0 Å². The van der Waals surface area contributed by atoms with Crippen molar-refractivity contribution in [1.29, 1.82) is 0 Å². The van der Waals surface area contributed by atoms with Crippen LogP contribution in [0.4, 0.5) is 15.8 Å². The fourth-order valence-corrected chi connectivity index (χ4v) is 4.97. The molecular weight excluding hydrogens is 447 g/mol. The van der Waals surface area contributed by atoms with Crippen LogP contribution in [-0.4, -0.2) is 30.0 Å². The van der Waals surface area contributed by atoms with E-state index in [9.17, 15) is 21.2 Å². The number of halogens is 1. The molecule has 0 spiro atoms. The van der Waals surface area contributed by atoms with E-state index in [2.05, 4.69) is 9.44 Å². The first-order chi connectivity index (χ1) is 14.7. The van der Waals surface area contributed by atoms with E-state index in [1.54, 1.807) is 0 Å². The monoisotopic (exact) mass is 464 g/mol. The molecule has 4 rings (SSSR count). The highest BCUT2D eigenvalue weighted by atomic mass is 32.2. The second kappa shape index (κ2) is 8.08. The molecule has 0 amide bonds. The Hall–Kier alpha value is -3.31. The van der Waals surface area contributed by atoms with E-state index in [1.807, 2.05) is 0 Å². The molecule has 31 heavy (non-hydrogen) atoms. The van der Waals surface area contributed by atoms with E-state index >= 15 is 0 Å². The van der Waals surface area contributed by atoms with E-state index in [0.29, 0.717) is 24.7 Å². The minimum absolute atomic E-state index is 0.00200. The highest BCUT2D eigenvalue weighted by Crippen LogP contribution is 2.32. The number of anilines is 2. The summed E-state index contributed by atoms with van der Waals surface area (Å²) in [4.78, 5) is -0.102. The molecule has 1 heterocycles. The van der Waals surface area contributed by atoms with Crippen LogP contribution in [0.15, 0.2) is 76.5 Å². The summed E-state index contributed by atoms with van der Waals surface area (Å²) in [6.07, 6.45) is 0. The third kappa shape index (κ3) is 4.72. The van der Waals surface area contributed by atoms with Crippen molar-refractivity contribution in [3.8, 4) is 11.5 Å². The number of benzene rings is 3. The van der Waals surface area contributed by atoms with Gasteiger partial charge in [0.2, 0.25) is 0 Å². The normalized spacial score (nSPS) is 13.5. The zero-order valence-electron chi connectivity index (χ0n) is 15.9. The third-order valence-corrected chi connectivity index (χ3v) is 7.11. The van der Waals surface area contributed by atoms with Crippen LogP contribution < -0.4 is 18.9 Å². The molecule has 1 aliphatic rings. The molecule has 8 nitrogen and oxygen atoms in total. The second-order valence-corrected chi connectivity index (χ2v) is 9.91. The molecule has 0 saturated heterocycles. The van der Waals surface area contributed by atoms with Gasteiger partial charge in [0.05, 0.1) is 9.79 Å². The average Bonchev–Trinajstić information content (AvgIpc) is 2.75. The number of rotatable bonds is 6. The predicted octanol–water partition coefficient (Wildman–Crippen LogP) is 3.20. The SMILES string of the molecule is O=S(=O)(Nc1ccc(NS(=O)(=O)c2ccc3c(c2)OCCO3)cc1)c1ccc(F)cc1. The first kappa shape index (κ1) is 20.9. The molecule has 3 aromatic rings. The van der Waals surface area contributed by atoms with Crippen LogP contribution in [0.1, 0.15) is 0 Å². The van der Waals surface area contributed by atoms with Gasteiger partial charge in [-0.15, -0.1) is 0 Å². The van der Waals surface area contributed by atoms with Gasteiger partial charge in [0.25, 0.3) is 20.0 Å². The molecule has 11 heteroatoms. The van der Waals surface area contributed by atoms with E-state index in [0.717, 1.165) is 24.3 Å². The summed E-state index contributed by atoms with van der Waals surface area (Å²) in [5.41, 5.74) is 0.450. The summed E-state index contributed by atoms with van der Waals surface area (Å²) in [6, 6.07) is 14.3. The van der Waals surface area contributed by atoms with Gasteiger partial charge in [-0.05, 0) is 60.7 Å². The molecule has 0 fully saturated rings. The fourth-order valence-electron chi connectivity index (χ4n) is 2.84. The van der Waals surface area contributed by atoms with Crippen LogP contribution in [0.2, 0.25) is 0 Å². The van der Waals surface area contributed by atoms with Gasteiger partial charge in [-0.2, -0.15) is 0 Å². The Labute approximate surface area is 178 Å². The molecule has 0 unspecified atom stereocenters. The summed E-state index contributed by atoms with van der Waals surface area (Å²) >= 11 is 0. The van der Waals surface area contributed by atoms with Gasteiger partial charge in [-0.25, -0.2) is 21.2 Å². The van der Waals surface area contributed by atoms with Crippen LogP contribution in [0, 0.1) is 5.82 Å². The summed E-state index contributed by atoms with van der Waals surface area (Å²) < 4.78 is 78.6. The molecule has 0 aromatic heterocycles. The molecule has 162 valence electrons. The molecule has 3 aromatic carbocycles. The number of sulfonamides is 2. The highest BCUT2D eigenvalue weighted by molar-refractivity contribution is 7.93. The van der Waals surface area contributed by atoms with Crippen molar-refractivity contribution in [2.45, 2.75) is 9.79 Å². The van der Waals surface area contributed by atoms with Gasteiger partial charge in [-0.3, -0.25) is 9.44 Å². The van der Waals surface area contributed by atoms with Gasteiger partial charge in [0, 0.05) is 17.4 Å². The Morgan fingerprint density at radius 2 is 1.13 bits per heavy atom. The average molecular weight is 464 g/mol. The first-order valence-corrected chi connectivity index (χ1v) is 12.0. The maximum atomic E-state index is 13.0. The Morgan fingerprint density at radius 1 is 0.645 bits per heavy atom. The summed E-state index contributed by atoms with van der Waals surface area (Å²) in [6.45, 7) is 0.730. The van der Waals surface area contributed by atoms with E-state index in [-0.39, 0.29) is 21.2 Å². The van der Waals surface area contributed by atoms with Gasteiger partial charge in [0.1, 0.15) is 19.0 Å². The van der Waals surface area contributed by atoms with Gasteiger partial charge in [-0.1, -0.05) is 0 Å². The summed E-state index contributed by atoms with van der Waals surface area (Å²) in [7, 11) is -7.81. The summed E-state index contributed by atoms with van der Waals surface area (Å²) in [5.74, 6) is 0.274. The Balaban J connectivity index is 1.48. The zero-order valence-corrected chi connectivity index (χ0v) is 17.5. The molecular formula is C20H17FN2O6S2. The number of hydrogen-bond acceptors (Lipinski definition) is 6. The Kier molecular flexibility index (Phi) is 5.46. The number of hydrogen-bond donors (Lipinski definition) is 2. The maximum absolute atomic E-state index is 13.0. The van der Waals surface area contributed by atoms with Crippen molar-refractivity contribution in [2.24, 2.45) is 0 Å². The Bertz CT molecular complexity index is 1310. The molecule has 0 bridgehead atoms. The molecule has 0 saturated carbocycles. The molecule has 0 atom stereocenters. The van der Waals surface area contributed by atoms with E-state index < -0.39 is 25.9 Å². The third-order valence-electron chi connectivity index (χ3n) is 4.34. The van der Waals surface area contributed by atoms with Crippen molar-refractivity contribution < 1.29 is 30.7 Å². The second-order valence-electron chi connectivity index (χ2n) is 6.55. The smallest absolute Gasteiger partial charge is 0.262 e. The van der Waals surface area contributed by atoms with Crippen LogP contribution in [0.3, 0.4) is 0 Å². The van der Waals surface area contributed by atoms with Crippen molar-refractivity contribution in [3.05, 3.63) is 72.5 Å². The van der Waals surface area contributed by atoms with E-state index in [4.69, 9.17) is 9.47 Å². The number of fused-ring (bicyclic) bond motifs is 1. The van der Waals surface area contributed by atoms with Crippen LogP contribution >= 0.6 is 0 Å². The predicted molar refractivity (Wildman–Crippen MR) is 112 cm³/mol. The van der Waals surface area contributed by atoms with Crippen LogP contribution in [0.25, 0.3) is 0 Å². The van der Waals surface area contributed by atoms with Crippen molar-refractivity contribution in [2.75, 3.05) is 22.7 Å². The van der Waals surface area contributed by atoms with Crippen LogP contribution in [0.5, 0.6) is 11.5 Å². The molecule has 0 aliphatic carbocycles. The maximum Gasteiger partial charge on any atom is 0.262 e. The molecule has 2 N–H and O–H groups in total. The van der Waals surface area contributed by atoms with E-state index in [1.165, 1.54) is 42.5 Å².